The Bertz CT molecular complexity index is 521. The third kappa shape index (κ3) is 2.19. The molecule has 0 aliphatic carbocycles. The summed E-state index contributed by atoms with van der Waals surface area (Å²) in [6, 6.07) is 17.2. The highest BCUT2D eigenvalue weighted by Gasteiger charge is 2.38. The molecular formula is C16H15FO. The van der Waals surface area contributed by atoms with Gasteiger partial charge in [0.25, 0.3) is 0 Å². The van der Waals surface area contributed by atoms with Crippen LogP contribution in [0.3, 0.4) is 0 Å². The molecule has 0 unspecified atom stereocenters. The molecule has 1 atom stereocenters. The van der Waals surface area contributed by atoms with Gasteiger partial charge in [0.15, 0.2) is 5.67 Å². The molecule has 1 nitrogen and oxygen atoms in total. The predicted molar refractivity (Wildman–Crippen MR) is 70.3 cm³/mol. The molecule has 0 aliphatic heterocycles. The van der Waals surface area contributed by atoms with Crippen LogP contribution in [0.5, 0.6) is 0 Å². The lowest BCUT2D eigenvalue weighted by molar-refractivity contribution is 0.0666. The summed E-state index contributed by atoms with van der Waals surface area (Å²) in [6.45, 7) is 1.69. The summed E-state index contributed by atoms with van der Waals surface area (Å²) in [5, 5.41) is 0. The predicted octanol–water partition coefficient (Wildman–Crippen LogP) is 4.14. The molecule has 0 radical (unpaired) electrons. The van der Waals surface area contributed by atoms with E-state index in [4.69, 9.17) is 0 Å². The van der Waals surface area contributed by atoms with Gasteiger partial charge in [0.1, 0.15) is 0 Å². The van der Waals surface area contributed by atoms with Gasteiger partial charge in [-0.1, -0.05) is 67.6 Å². The minimum atomic E-state index is -1.94. The minimum absolute atomic E-state index is 0.130. The van der Waals surface area contributed by atoms with Crippen LogP contribution >= 0.6 is 0 Å². The summed E-state index contributed by atoms with van der Waals surface area (Å²) in [6.07, 6.45) is 0.130. The molecule has 92 valence electrons. The van der Waals surface area contributed by atoms with Crippen molar-refractivity contribution in [2.24, 2.45) is 0 Å². The number of carbonyl (C=O) groups is 1. The largest absolute Gasteiger partial charge is 0.290 e. The number of hydrogen-bond acceptors (Lipinski definition) is 1. The highest BCUT2D eigenvalue weighted by Crippen LogP contribution is 2.33. The molecule has 0 saturated heterocycles. The summed E-state index contributed by atoms with van der Waals surface area (Å²) in [7, 11) is 0. The average molecular weight is 242 g/mol. The molecule has 0 aromatic heterocycles. The van der Waals surface area contributed by atoms with E-state index >= 15 is 0 Å². The summed E-state index contributed by atoms with van der Waals surface area (Å²) in [5.74, 6) is -0.475. The van der Waals surface area contributed by atoms with E-state index in [0.29, 0.717) is 11.1 Å². The zero-order valence-electron chi connectivity index (χ0n) is 10.3. The number of alkyl halides is 1. The zero-order valence-corrected chi connectivity index (χ0v) is 10.3. The molecule has 0 N–H and O–H groups in total. The summed E-state index contributed by atoms with van der Waals surface area (Å²) < 4.78 is 15.0. The Kier molecular flexibility index (Phi) is 3.56. The Morgan fingerprint density at radius 1 is 1.00 bits per heavy atom. The Balaban J connectivity index is 2.43. The molecular weight excluding hydrogens is 227 g/mol. The van der Waals surface area contributed by atoms with Crippen molar-refractivity contribution in [3.63, 3.8) is 0 Å². The van der Waals surface area contributed by atoms with Crippen LogP contribution in [-0.2, 0) is 5.67 Å². The van der Waals surface area contributed by atoms with Crippen molar-refractivity contribution in [3.05, 3.63) is 71.8 Å². The van der Waals surface area contributed by atoms with Crippen LogP contribution in [0.15, 0.2) is 60.7 Å². The summed E-state index contributed by atoms with van der Waals surface area (Å²) >= 11 is 0. The van der Waals surface area contributed by atoms with Crippen LogP contribution in [0.2, 0.25) is 0 Å². The fourth-order valence-corrected chi connectivity index (χ4v) is 2.02. The molecule has 2 rings (SSSR count). The van der Waals surface area contributed by atoms with Gasteiger partial charge in [-0.2, -0.15) is 0 Å². The lowest BCUT2D eigenvalue weighted by Gasteiger charge is -2.23. The first kappa shape index (κ1) is 12.5. The summed E-state index contributed by atoms with van der Waals surface area (Å²) in [5.41, 5.74) is -1.12. The quantitative estimate of drug-likeness (QED) is 0.736. The maximum absolute atomic E-state index is 15.0. The molecule has 2 heteroatoms. The van der Waals surface area contributed by atoms with E-state index in [1.165, 1.54) is 0 Å². The normalized spacial score (nSPS) is 13.9. The highest BCUT2D eigenvalue weighted by atomic mass is 19.1. The third-order valence-electron chi connectivity index (χ3n) is 3.11. The van der Waals surface area contributed by atoms with Crippen molar-refractivity contribution < 1.29 is 9.18 Å². The number of Topliss-reactive ketones (excluding diaryl/α,β-unsaturated/α-hetero) is 1. The van der Waals surface area contributed by atoms with Gasteiger partial charge in [-0.15, -0.1) is 0 Å². The Morgan fingerprint density at radius 2 is 1.50 bits per heavy atom. The maximum Gasteiger partial charge on any atom is 0.204 e. The van der Waals surface area contributed by atoms with Crippen molar-refractivity contribution in [1.29, 1.82) is 0 Å². The van der Waals surface area contributed by atoms with E-state index in [0.717, 1.165) is 0 Å². The molecule has 0 bridgehead atoms. The number of rotatable bonds is 4. The molecule has 0 spiro atoms. The van der Waals surface area contributed by atoms with Gasteiger partial charge in [0.05, 0.1) is 0 Å². The third-order valence-corrected chi connectivity index (χ3v) is 3.11. The summed E-state index contributed by atoms with van der Waals surface area (Å²) in [4.78, 5) is 12.3. The first-order chi connectivity index (χ1) is 8.68. The van der Waals surface area contributed by atoms with E-state index in [9.17, 15) is 9.18 Å². The second-order valence-electron chi connectivity index (χ2n) is 4.22. The molecule has 18 heavy (non-hydrogen) atoms. The topological polar surface area (TPSA) is 17.1 Å². The van der Waals surface area contributed by atoms with Gasteiger partial charge in [-0.05, 0) is 12.0 Å². The SMILES string of the molecule is CC[C@@](F)(C(=O)c1ccccc1)c1ccccc1. The zero-order chi connectivity index (χ0) is 13.0. The van der Waals surface area contributed by atoms with Crippen LogP contribution in [0.1, 0.15) is 29.3 Å². The van der Waals surface area contributed by atoms with Crippen LogP contribution in [0.25, 0.3) is 0 Å². The van der Waals surface area contributed by atoms with Gasteiger partial charge in [0, 0.05) is 5.56 Å². The Labute approximate surface area is 106 Å². The fraction of sp³-hybridized carbons (Fsp3) is 0.188. The van der Waals surface area contributed by atoms with Crippen molar-refractivity contribution in [2.75, 3.05) is 0 Å². The van der Waals surface area contributed by atoms with Gasteiger partial charge >= 0.3 is 0 Å². The molecule has 2 aromatic carbocycles. The minimum Gasteiger partial charge on any atom is -0.290 e. The van der Waals surface area contributed by atoms with Crippen LogP contribution in [0.4, 0.5) is 4.39 Å². The standard InChI is InChI=1S/C16H15FO/c1-2-16(17,14-11-7-4-8-12-14)15(18)13-9-5-3-6-10-13/h3-12H,2H2,1H3/t16-/m0/s1. The van der Waals surface area contributed by atoms with Crippen molar-refractivity contribution >= 4 is 5.78 Å². The van der Waals surface area contributed by atoms with E-state index in [1.54, 1.807) is 55.5 Å². The van der Waals surface area contributed by atoms with Crippen LogP contribution in [-0.4, -0.2) is 5.78 Å². The van der Waals surface area contributed by atoms with Crippen LogP contribution in [0, 0.1) is 0 Å². The Morgan fingerprint density at radius 3 is 2.00 bits per heavy atom. The lowest BCUT2D eigenvalue weighted by atomic mass is 9.85. The second-order valence-corrected chi connectivity index (χ2v) is 4.22. The molecule has 0 amide bonds. The van der Waals surface area contributed by atoms with Crippen molar-refractivity contribution in [1.82, 2.24) is 0 Å². The molecule has 0 heterocycles. The van der Waals surface area contributed by atoms with Gasteiger partial charge in [-0.25, -0.2) is 4.39 Å². The molecule has 0 saturated carbocycles. The van der Waals surface area contributed by atoms with Gasteiger partial charge in [-0.3, -0.25) is 4.79 Å². The van der Waals surface area contributed by atoms with E-state index in [-0.39, 0.29) is 6.42 Å². The van der Waals surface area contributed by atoms with Crippen LogP contribution < -0.4 is 0 Å². The maximum atomic E-state index is 15.0. The number of halogens is 1. The Hall–Kier alpha value is -1.96. The molecule has 2 aromatic rings. The van der Waals surface area contributed by atoms with Crippen molar-refractivity contribution in [2.45, 2.75) is 19.0 Å². The van der Waals surface area contributed by atoms with E-state index in [2.05, 4.69) is 0 Å². The van der Waals surface area contributed by atoms with Crippen molar-refractivity contribution in [3.8, 4) is 0 Å². The lowest BCUT2D eigenvalue weighted by Crippen LogP contribution is -2.30. The van der Waals surface area contributed by atoms with Gasteiger partial charge in [0.2, 0.25) is 5.78 Å². The number of ketones is 1. The van der Waals surface area contributed by atoms with Gasteiger partial charge < -0.3 is 0 Å². The van der Waals surface area contributed by atoms with E-state index < -0.39 is 11.5 Å². The first-order valence-corrected chi connectivity index (χ1v) is 6.03. The number of benzene rings is 2. The number of hydrogen-bond donors (Lipinski definition) is 0. The smallest absolute Gasteiger partial charge is 0.204 e. The first-order valence-electron chi connectivity index (χ1n) is 6.03. The molecule has 0 fully saturated rings. The number of carbonyl (C=O) groups excluding carboxylic acids is 1. The monoisotopic (exact) mass is 242 g/mol. The van der Waals surface area contributed by atoms with E-state index in [1.807, 2.05) is 12.1 Å². The highest BCUT2D eigenvalue weighted by molar-refractivity contribution is 6.02. The average Bonchev–Trinajstić information content (AvgIpc) is 2.47. The second kappa shape index (κ2) is 5.13. The fourth-order valence-electron chi connectivity index (χ4n) is 2.02. The molecule has 0 aliphatic rings.